The molecule has 0 aliphatic carbocycles. The van der Waals surface area contributed by atoms with Crippen LogP contribution in [0.4, 0.5) is 0 Å². The highest BCUT2D eigenvalue weighted by Crippen LogP contribution is 2.24. The highest BCUT2D eigenvalue weighted by molar-refractivity contribution is 5.31. The van der Waals surface area contributed by atoms with Crippen LogP contribution in [0.1, 0.15) is 46.6 Å². The van der Waals surface area contributed by atoms with E-state index in [1.807, 2.05) is 12.1 Å². The van der Waals surface area contributed by atoms with Crippen LogP contribution in [0.25, 0.3) is 0 Å². The van der Waals surface area contributed by atoms with Crippen molar-refractivity contribution in [2.45, 2.75) is 52.6 Å². The Labute approximate surface area is 159 Å². The van der Waals surface area contributed by atoms with E-state index in [9.17, 15) is 5.11 Å². The van der Waals surface area contributed by atoms with Crippen LogP contribution in [-0.2, 0) is 10.2 Å². The van der Waals surface area contributed by atoms with Gasteiger partial charge in [0.15, 0.2) is 0 Å². The molecule has 0 saturated carbocycles. The van der Waals surface area contributed by atoms with Gasteiger partial charge in [0.05, 0.1) is 19.3 Å². The summed E-state index contributed by atoms with van der Waals surface area (Å²) in [7, 11) is 0. The van der Waals surface area contributed by atoms with Crippen molar-refractivity contribution in [2.24, 2.45) is 11.8 Å². The number of β-amino-alcohol motifs (C(OH)–C–C–N with tert-alkyl or cyclic N) is 1. The second-order valence-corrected chi connectivity index (χ2v) is 9.02. The summed E-state index contributed by atoms with van der Waals surface area (Å²) >= 11 is 0. The molecule has 1 fully saturated rings. The Morgan fingerprint density at radius 1 is 1.08 bits per heavy atom. The van der Waals surface area contributed by atoms with Crippen LogP contribution in [0.3, 0.4) is 0 Å². The van der Waals surface area contributed by atoms with Crippen LogP contribution in [0.15, 0.2) is 24.3 Å². The molecule has 0 aromatic heterocycles. The Balaban J connectivity index is 1.60. The maximum atomic E-state index is 10.2. The Hall–Kier alpha value is -1.10. The Morgan fingerprint density at radius 3 is 2.27 bits per heavy atom. The molecule has 4 heteroatoms. The van der Waals surface area contributed by atoms with Gasteiger partial charge in [-0.1, -0.05) is 46.8 Å². The third-order valence-electron chi connectivity index (χ3n) is 4.94. The lowest BCUT2D eigenvalue weighted by Crippen LogP contribution is -2.43. The number of aliphatic hydroxyl groups excluding tert-OH is 1. The van der Waals surface area contributed by atoms with Crippen LogP contribution >= 0.6 is 0 Å². The van der Waals surface area contributed by atoms with Crippen molar-refractivity contribution in [3.8, 4) is 5.75 Å². The largest absolute Gasteiger partial charge is 0.491 e. The number of aliphatic hydroxyl groups is 1. The standard InChI is InChI=1S/C22H37NO3/c1-17-12-18(2)14-23(13-17)15-20(24)16-25-10-11-26-21-8-6-19(7-9-21)22(3,4)5/h6-9,17-18,20,24H,10-16H2,1-5H3/t17-,18-,20-/m0/s1. The van der Waals surface area contributed by atoms with E-state index in [0.717, 1.165) is 18.8 Å². The highest BCUT2D eigenvalue weighted by Gasteiger charge is 2.23. The molecule has 1 aliphatic heterocycles. The molecular formula is C22H37NO3. The number of hydrogen-bond acceptors (Lipinski definition) is 4. The van der Waals surface area contributed by atoms with Crippen LogP contribution < -0.4 is 4.74 Å². The second-order valence-electron chi connectivity index (χ2n) is 9.02. The summed E-state index contributed by atoms with van der Waals surface area (Å²) in [5.74, 6) is 2.29. The summed E-state index contributed by atoms with van der Waals surface area (Å²) in [6.45, 7) is 15.4. The van der Waals surface area contributed by atoms with Gasteiger partial charge in [0.2, 0.25) is 0 Å². The lowest BCUT2D eigenvalue weighted by atomic mass is 9.87. The third-order valence-corrected chi connectivity index (χ3v) is 4.94. The van der Waals surface area contributed by atoms with Gasteiger partial charge >= 0.3 is 0 Å². The Bertz CT molecular complexity index is 513. The molecule has 0 amide bonds. The van der Waals surface area contributed by atoms with Crippen molar-refractivity contribution in [2.75, 3.05) is 39.5 Å². The van der Waals surface area contributed by atoms with Gasteiger partial charge in [0, 0.05) is 19.6 Å². The summed E-state index contributed by atoms with van der Waals surface area (Å²) in [5, 5.41) is 10.2. The molecule has 1 aromatic carbocycles. The van der Waals surface area contributed by atoms with Crippen molar-refractivity contribution in [3.63, 3.8) is 0 Å². The van der Waals surface area contributed by atoms with Crippen LogP contribution in [0.2, 0.25) is 0 Å². The van der Waals surface area contributed by atoms with Crippen molar-refractivity contribution >= 4 is 0 Å². The molecule has 1 N–H and O–H groups in total. The Kier molecular flexibility index (Phi) is 7.93. The number of piperidine rings is 1. The molecule has 0 radical (unpaired) electrons. The minimum absolute atomic E-state index is 0.154. The third kappa shape index (κ3) is 7.26. The van der Waals surface area contributed by atoms with E-state index in [1.165, 1.54) is 12.0 Å². The van der Waals surface area contributed by atoms with E-state index in [-0.39, 0.29) is 5.41 Å². The van der Waals surface area contributed by atoms with Crippen molar-refractivity contribution in [3.05, 3.63) is 29.8 Å². The average molecular weight is 364 g/mol. The topological polar surface area (TPSA) is 41.9 Å². The molecule has 1 aromatic rings. The predicted octanol–water partition coefficient (Wildman–Crippen LogP) is 3.72. The quantitative estimate of drug-likeness (QED) is 0.715. The molecule has 26 heavy (non-hydrogen) atoms. The van der Waals surface area contributed by atoms with Gasteiger partial charge in [-0.2, -0.15) is 0 Å². The fraction of sp³-hybridized carbons (Fsp3) is 0.727. The zero-order valence-corrected chi connectivity index (χ0v) is 17.2. The fourth-order valence-corrected chi connectivity index (χ4v) is 3.78. The minimum atomic E-state index is -0.432. The van der Waals surface area contributed by atoms with Crippen LogP contribution in [0, 0.1) is 11.8 Å². The van der Waals surface area contributed by atoms with Crippen LogP contribution in [-0.4, -0.2) is 55.6 Å². The van der Waals surface area contributed by atoms with E-state index in [2.05, 4.69) is 51.7 Å². The monoisotopic (exact) mass is 363 g/mol. The summed E-state index contributed by atoms with van der Waals surface area (Å²) in [6, 6.07) is 8.24. The highest BCUT2D eigenvalue weighted by atomic mass is 16.5. The number of ether oxygens (including phenoxy) is 2. The fourth-order valence-electron chi connectivity index (χ4n) is 3.78. The molecule has 1 saturated heterocycles. The second kappa shape index (κ2) is 9.72. The number of likely N-dealkylation sites (tertiary alicyclic amines) is 1. The van der Waals surface area contributed by atoms with E-state index in [1.54, 1.807) is 0 Å². The number of rotatable bonds is 8. The minimum Gasteiger partial charge on any atom is -0.491 e. The van der Waals surface area contributed by atoms with Gasteiger partial charge in [0.1, 0.15) is 12.4 Å². The predicted molar refractivity (Wildman–Crippen MR) is 107 cm³/mol. The zero-order chi connectivity index (χ0) is 19.2. The average Bonchev–Trinajstić information content (AvgIpc) is 2.53. The molecule has 2 rings (SSSR count). The first-order chi connectivity index (χ1) is 12.2. The van der Waals surface area contributed by atoms with E-state index in [0.29, 0.717) is 38.2 Å². The molecule has 0 unspecified atom stereocenters. The number of benzene rings is 1. The van der Waals surface area contributed by atoms with Crippen molar-refractivity contribution in [1.82, 2.24) is 4.90 Å². The lowest BCUT2D eigenvalue weighted by Gasteiger charge is -2.35. The molecule has 3 atom stereocenters. The molecular weight excluding hydrogens is 326 g/mol. The first-order valence-corrected chi connectivity index (χ1v) is 9.95. The maximum absolute atomic E-state index is 10.2. The number of nitrogens with zero attached hydrogens (tertiary/aromatic N) is 1. The van der Waals surface area contributed by atoms with Gasteiger partial charge in [-0.05, 0) is 41.4 Å². The van der Waals surface area contributed by atoms with Crippen molar-refractivity contribution in [1.29, 1.82) is 0 Å². The number of hydrogen-bond donors (Lipinski definition) is 1. The summed E-state index contributed by atoms with van der Waals surface area (Å²) in [4.78, 5) is 2.36. The lowest BCUT2D eigenvalue weighted by molar-refractivity contribution is -0.00211. The summed E-state index contributed by atoms with van der Waals surface area (Å²) < 4.78 is 11.3. The van der Waals surface area contributed by atoms with Gasteiger partial charge in [-0.25, -0.2) is 0 Å². The summed E-state index contributed by atoms with van der Waals surface area (Å²) in [5.41, 5.74) is 1.45. The van der Waals surface area contributed by atoms with E-state index in [4.69, 9.17) is 9.47 Å². The molecule has 0 spiro atoms. The normalized spacial score (nSPS) is 23.0. The Morgan fingerprint density at radius 2 is 1.69 bits per heavy atom. The first-order valence-electron chi connectivity index (χ1n) is 9.95. The molecule has 0 bridgehead atoms. The molecule has 148 valence electrons. The van der Waals surface area contributed by atoms with Crippen molar-refractivity contribution < 1.29 is 14.6 Å². The zero-order valence-electron chi connectivity index (χ0n) is 17.2. The SMILES string of the molecule is C[C@H]1C[C@H](C)CN(C[C@H](O)COCCOc2ccc(C(C)(C)C)cc2)C1. The van der Waals surface area contributed by atoms with Gasteiger partial charge in [0.25, 0.3) is 0 Å². The first kappa shape index (κ1) is 21.2. The summed E-state index contributed by atoms with van der Waals surface area (Å²) in [6.07, 6.45) is 0.857. The molecule has 1 heterocycles. The maximum Gasteiger partial charge on any atom is 0.119 e. The smallest absolute Gasteiger partial charge is 0.119 e. The molecule has 4 nitrogen and oxygen atoms in total. The van der Waals surface area contributed by atoms with E-state index >= 15 is 0 Å². The van der Waals surface area contributed by atoms with Crippen LogP contribution in [0.5, 0.6) is 5.75 Å². The van der Waals surface area contributed by atoms with Gasteiger partial charge < -0.3 is 19.5 Å². The van der Waals surface area contributed by atoms with Gasteiger partial charge in [-0.3, -0.25) is 0 Å². The van der Waals surface area contributed by atoms with Gasteiger partial charge in [-0.15, -0.1) is 0 Å². The molecule has 1 aliphatic rings. The van der Waals surface area contributed by atoms with E-state index < -0.39 is 6.10 Å².